The fourth-order valence-electron chi connectivity index (χ4n) is 3.09. The maximum atomic E-state index is 9.53. The van der Waals surface area contributed by atoms with E-state index >= 15 is 0 Å². The first-order valence-electron chi connectivity index (χ1n) is 8.22. The van der Waals surface area contributed by atoms with Crippen molar-refractivity contribution >= 4 is 0 Å². The van der Waals surface area contributed by atoms with Crippen LogP contribution in [0.4, 0.5) is 0 Å². The average molecular weight is 318 g/mol. The van der Waals surface area contributed by atoms with Crippen LogP contribution in [0.25, 0.3) is 11.1 Å². The van der Waals surface area contributed by atoms with E-state index < -0.39 is 0 Å². The first-order valence-corrected chi connectivity index (χ1v) is 8.22. The van der Waals surface area contributed by atoms with Crippen molar-refractivity contribution in [2.24, 2.45) is 0 Å². The van der Waals surface area contributed by atoms with Crippen LogP contribution in [0, 0.1) is 0 Å². The largest absolute Gasteiger partial charge is 0.508 e. The second-order valence-electron chi connectivity index (χ2n) is 6.36. The summed E-state index contributed by atoms with van der Waals surface area (Å²) in [6.07, 6.45) is 0.969. The Hall–Kier alpha value is -2.74. The van der Waals surface area contributed by atoms with Crippen molar-refractivity contribution in [2.45, 2.75) is 25.7 Å². The predicted molar refractivity (Wildman–Crippen MR) is 98.4 cm³/mol. The molecule has 3 rings (SSSR count). The van der Waals surface area contributed by atoms with Gasteiger partial charge in [0.1, 0.15) is 11.5 Å². The molecule has 0 saturated heterocycles. The molecule has 1 unspecified atom stereocenters. The molecule has 0 bridgehead atoms. The molecule has 122 valence electrons. The summed E-state index contributed by atoms with van der Waals surface area (Å²) in [4.78, 5) is 0. The minimum absolute atomic E-state index is 0.0960. The zero-order valence-electron chi connectivity index (χ0n) is 14.0. The molecule has 0 aliphatic carbocycles. The van der Waals surface area contributed by atoms with Crippen LogP contribution >= 0.6 is 0 Å². The van der Waals surface area contributed by atoms with Crippen LogP contribution in [-0.4, -0.2) is 10.2 Å². The summed E-state index contributed by atoms with van der Waals surface area (Å²) in [5, 5.41) is 18.9. The zero-order valence-corrected chi connectivity index (χ0v) is 14.0. The topological polar surface area (TPSA) is 40.5 Å². The fourth-order valence-corrected chi connectivity index (χ4v) is 3.09. The molecule has 0 fully saturated rings. The van der Waals surface area contributed by atoms with E-state index in [2.05, 4.69) is 38.1 Å². The summed E-state index contributed by atoms with van der Waals surface area (Å²) >= 11 is 0. The number of benzene rings is 3. The van der Waals surface area contributed by atoms with Gasteiger partial charge in [-0.25, -0.2) is 0 Å². The van der Waals surface area contributed by atoms with Gasteiger partial charge in [-0.3, -0.25) is 0 Å². The van der Waals surface area contributed by atoms with Crippen molar-refractivity contribution in [3.63, 3.8) is 0 Å². The van der Waals surface area contributed by atoms with Crippen molar-refractivity contribution in [2.75, 3.05) is 0 Å². The third kappa shape index (κ3) is 3.00. The quantitative estimate of drug-likeness (QED) is 0.668. The van der Waals surface area contributed by atoms with E-state index in [1.807, 2.05) is 24.3 Å². The molecule has 2 heteroatoms. The molecule has 3 aromatic carbocycles. The van der Waals surface area contributed by atoms with E-state index in [0.717, 1.165) is 17.5 Å². The Morgan fingerprint density at radius 1 is 0.625 bits per heavy atom. The molecular weight excluding hydrogens is 296 g/mol. The van der Waals surface area contributed by atoms with Crippen LogP contribution in [0.15, 0.2) is 72.8 Å². The summed E-state index contributed by atoms with van der Waals surface area (Å²) in [6, 6.07) is 23.3. The van der Waals surface area contributed by atoms with Crippen LogP contribution in [0.5, 0.6) is 11.5 Å². The van der Waals surface area contributed by atoms with Crippen LogP contribution in [-0.2, 0) is 5.41 Å². The first-order chi connectivity index (χ1) is 11.5. The third-order valence-electron chi connectivity index (χ3n) is 4.93. The maximum absolute atomic E-state index is 9.53. The summed E-state index contributed by atoms with van der Waals surface area (Å²) in [5.74, 6) is 0.570. The monoisotopic (exact) mass is 318 g/mol. The van der Waals surface area contributed by atoms with Crippen molar-refractivity contribution in [1.29, 1.82) is 0 Å². The molecular formula is C22H22O2. The number of aromatic hydroxyl groups is 2. The highest BCUT2D eigenvalue weighted by atomic mass is 16.3. The Bertz CT molecular complexity index is 802. The van der Waals surface area contributed by atoms with E-state index in [-0.39, 0.29) is 11.2 Å². The Morgan fingerprint density at radius 3 is 1.38 bits per heavy atom. The molecule has 1 atom stereocenters. The minimum atomic E-state index is -0.0960. The van der Waals surface area contributed by atoms with Gasteiger partial charge < -0.3 is 10.2 Å². The maximum Gasteiger partial charge on any atom is 0.115 e. The highest BCUT2D eigenvalue weighted by molar-refractivity contribution is 5.64. The fraction of sp³-hybridized carbons (Fsp3) is 0.182. The highest BCUT2D eigenvalue weighted by Gasteiger charge is 2.26. The Balaban J connectivity index is 1.95. The molecule has 2 nitrogen and oxygen atoms in total. The smallest absolute Gasteiger partial charge is 0.115 e. The zero-order chi connectivity index (χ0) is 17.2. The van der Waals surface area contributed by atoms with E-state index in [1.165, 1.54) is 11.1 Å². The lowest BCUT2D eigenvalue weighted by Crippen LogP contribution is -2.22. The summed E-state index contributed by atoms with van der Waals surface area (Å²) in [6.45, 7) is 4.41. The minimum Gasteiger partial charge on any atom is -0.508 e. The van der Waals surface area contributed by atoms with E-state index in [4.69, 9.17) is 0 Å². The Labute approximate surface area is 143 Å². The summed E-state index contributed by atoms with van der Waals surface area (Å²) in [7, 11) is 0. The second kappa shape index (κ2) is 6.40. The average Bonchev–Trinajstić information content (AvgIpc) is 2.62. The van der Waals surface area contributed by atoms with E-state index in [9.17, 15) is 10.2 Å². The SMILES string of the molecule is CCC(C)(c1ccc(O)cc1)c1ccc(-c2ccc(O)cc2)cc1. The van der Waals surface area contributed by atoms with Crippen molar-refractivity contribution in [1.82, 2.24) is 0 Å². The molecule has 0 spiro atoms. The van der Waals surface area contributed by atoms with Gasteiger partial charge >= 0.3 is 0 Å². The summed E-state index contributed by atoms with van der Waals surface area (Å²) < 4.78 is 0. The molecule has 3 aromatic rings. The first kappa shape index (κ1) is 16.1. The van der Waals surface area contributed by atoms with E-state index in [0.29, 0.717) is 5.75 Å². The van der Waals surface area contributed by atoms with Gasteiger partial charge in [-0.15, -0.1) is 0 Å². The third-order valence-corrected chi connectivity index (χ3v) is 4.93. The Kier molecular flexibility index (Phi) is 4.30. The molecule has 24 heavy (non-hydrogen) atoms. The van der Waals surface area contributed by atoms with Gasteiger partial charge in [0.05, 0.1) is 0 Å². The van der Waals surface area contributed by atoms with Gasteiger partial charge in [-0.05, 0) is 52.9 Å². The van der Waals surface area contributed by atoms with Gasteiger partial charge in [0.25, 0.3) is 0 Å². The highest BCUT2D eigenvalue weighted by Crippen LogP contribution is 2.36. The van der Waals surface area contributed by atoms with Gasteiger partial charge in [0.2, 0.25) is 0 Å². The van der Waals surface area contributed by atoms with Gasteiger partial charge in [0.15, 0.2) is 0 Å². The molecule has 0 amide bonds. The molecule has 0 saturated carbocycles. The predicted octanol–water partition coefficient (Wildman–Crippen LogP) is 5.48. The lowest BCUT2D eigenvalue weighted by atomic mass is 9.74. The lowest BCUT2D eigenvalue weighted by molar-refractivity contribution is 0.473. The number of hydrogen-bond acceptors (Lipinski definition) is 2. The van der Waals surface area contributed by atoms with Crippen molar-refractivity contribution in [3.05, 3.63) is 83.9 Å². The standard InChI is InChI=1S/C22H22O2/c1-3-22(2,19-10-14-21(24)15-11-19)18-8-4-16(5-9-18)17-6-12-20(23)13-7-17/h4-15,23-24H,3H2,1-2H3. The van der Waals surface area contributed by atoms with Crippen LogP contribution < -0.4 is 0 Å². The summed E-state index contributed by atoms with van der Waals surface area (Å²) in [5.41, 5.74) is 4.56. The molecule has 0 heterocycles. The number of phenols is 2. The van der Waals surface area contributed by atoms with Gasteiger partial charge in [-0.2, -0.15) is 0 Å². The second-order valence-corrected chi connectivity index (χ2v) is 6.36. The van der Waals surface area contributed by atoms with Crippen LogP contribution in [0.1, 0.15) is 31.4 Å². The number of rotatable bonds is 4. The number of phenolic OH excluding ortho intramolecular Hbond substituents is 2. The van der Waals surface area contributed by atoms with Crippen LogP contribution in [0.2, 0.25) is 0 Å². The van der Waals surface area contributed by atoms with Crippen molar-refractivity contribution in [3.8, 4) is 22.6 Å². The van der Waals surface area contributed by atoms with Crippen LogP contribution in [0.3, 0.4) is 0 Å². The van der Waals surface area contributed by atoms with E-state index in [1.54, 1.807) is 24.3 Å². The number of hydrogen-bond donors (Lipinski definition) is 2. The molecule has 0 radical (unpaired) electrons. The molecule has 0 aromatic heterocycles. The van der Waals surface area contributed by atoms with Gasteiger partial charge in [0, 0.05) is 5.41 Å². The molecule has 0 aliphatic rings. The Morgan fingerprint density at radius 2 is 0.958 bits per heavy atom. The van der Waals surface area contributed by atoms with Crippen molar-refractivity contribution < 1.29 is 10.2 Å². The molecule has 2 N–H and O–H groups in total. The lowest BCUT2D eigenvalue weighted by Gasteiger charge is -2.30. The normalized spacial score (nSPS) is 13.4. The molecule has 0 aliphatic heterocycles. The van der Waals surface area contributed by atoms with Gasteiger partial charge in [-0.1, -0.05) is 62.4 Å².